The molecular formula is C14H21ClFNO. The molecule has 0 radical (unpaired) electrons. The average molecular weight is 274 g/mol. The van der Waals surface area contributed by atoms with Crippen molar-refractivity contribution in [1.29, 1.82) is 0 Å². The summed E-state index contributed by atoms with van der Waals surface area (Å²) in [6, 6.07) is 2.16. The second-order valence-corrected chi connectivity index (χ2v) is 5.53. The largest absolute Gasteiger partial charge is 0.391 e. The Labute approximate surface area is 113 Å². The Kier molecular flexibility index (Phi) is 5.57. The molecule has 4 heteroatoms. The molecule has 0 aliphatic rings. The van der Waals surface area contributed by atoms with Crippen LogP contribution in [0.15, 0.2) is 12.1 Å². The van der Waals surface area contributed by atoms with Crippen molar-refractivity contribution in [2.45, 2.75) is 45.8 Å². The Morgan fingerprint density at radius 2 is 1.94 bits per heavy atom. The van der Waals surface area contributed by atoms with Crippen LogP contribution in [0, 0.1) is 18.7 Å². The summed E-state index contributed by atoms with van der Waals surface area (Å²) in [5.41, 5.74) is 6.90. The summed E-state index contributed by atoms with van der Waals surface area (Å²) >= 11 is 6.07. The minimum atomic E-state index is -0.781. The number of halogens is 2. The maximum absolute atomic E-state index is 13.8. The van der Waals surface area contributed by atoms with E-state index >= 15 is 0 Å². The normalized spacial score (nSPS) is 14.9. The summed E-state index contributed by atoms with van der Waals surface area (Å²) in [7, 11) is 0. The molecule has 102 valence electrons. The third-order valence-electron chi connectivity index (χ3n) is 3.11. The molecule has 0 fully saturated rings. The van der Waals surface area contributed by atoms with Gasteiger partial charge in [0.15, 0.2) is 0 Å². The van der Waals surface area contributed by atoms with Crippen LogP contribution < -0.4 is 5.73 Å². The van der Waals surface area contributed by atoms with Crippen LogP contribution in [-0.2, 0) is 0 Å². The smallest absolute Gasteiger partial charge is 0.129 e. The standard InChI is InChI=1S/C14H21ClFNO/c1-8(2)4-7-11(18)14(17)12-10(16)6-5-9(3)13(12)15/h5-6,8,11,14,18H,4,7,17H2,1-3H3/t11-,14-/m1/s1. The quantitative estimate of drug-likeness (QED) is 0.861. The predicted octanol–water partition coefficient (Wildman–Crippen LogP) is 3.58. The van der Waals surface area contributed by atoms with E-state index in [2.05, 4.69) is 13.8 Å². The van der Waals surface area contributed by atoms with E-state index < -0.39 is 18.0 Å². The molecule has 1 aromatic rings. The third-order valence-corrected chi connectivity index (χ3v) is 3.61. The van der Waals surface area contributed by atoms with Crippen molar-refractivity contribution >= 4 is 11.6 Å². The van der Waals surface area contributed by atoms with Crippen LogP contribution in [0.1, 0.15) is 43.9 Å². The van der Waals surface area contributed by atoms with Crippen molar-refractivity contribution in [1.82, 2.24) is 0 Å². The van der Waals surface area contributed by atoms with Gasteiger partial charge in [0, 0.05) is 5.56 Å². The van der Waals surface area contributed by atoms with Gasteiger partial charge in [-0.1, -0.05) is 31.5 Å². The maximum Gasteiger partial charge on any atom is 0.129 e. The van der Waals surface area contributed by atoms with Crippen molar-refractivity contribution in [2.75, 3.05) is 0 Å². The van der Waals surface area contributed by atoms with E-state index in [1.165, 1.54) is 6.07 Å². The fourth-order valence-electron chi connectivity index (χ4n) is 1.86. The van der Waals surface area contributed by atoms with Crippen LogP contribution in [0.5, 0.6) is 0 Å². The van der Waals surface area contributed by atoms with E-state index in [1.807, 2.05) is 0 Å². The second kappa shape index (κ2) is 6.50. The van der Waals surface area contributed by atoms with E-state index in [9.17, 15) is 9.50 Å². The Bertz CT molecular complexity index is 409. The summed E-state index contributed by atoms with van der Waals surface area (Å²) in [4.78, 5) is 0. The lowest BCUT2D eigenvalue weighted by atomic mass is 9.94. The van der Waals surface area contributed by atoms with Crippen molar-refractivity contribution in [2.24, 2.45) is 11.7 Å². The van der Waals surface area contributed by atoms with Crippen LogP contribution in [0.25, 0.3) is 0 Å². The van der Waals surface area contributed by atoms with Gasteiger partial charge in [0.1, 0.15) is 5.82 Å². The van der Waals surface area contributed by atoms with Crippen LogP contribution in [0.2, 0.25) is 5.02 Å². The number of aliphatic hydroxyl groups is 1. The molecule has 0 saturated heterocycles. The molecule has 0 unspecified atom stereocenters. The monoisotopic (exact) mass is 273 g/mol. The zero-order valence-corrected chi connectivity index (χ0v) is 11.8. The van der Waals surface area contributed by atoms with Crippen LogP contribution in [0.4, 0.5) is 4.39 Å². The summed E-state index contributed by atoms with van der Waals surface area (Å²) in [6.45, 7) is 5.93. The van der Waals surface area contributed by atoms with Gasteiger partial charge in [-0.15, -0.1) is 0 Å². The van der Waals surface area contributed by atoms with E-state index in [-0.39, 0.29) is 5.56 Å². The Morgan fingerprint density at radius 1 is 1.33 bits per heavy atom. The average Bonchev–Trinajstić information content (AvgIpc) is 2.31. The topological polar surface area (TPSA) is 46.2 Å². The molecule has 2 nitrogen and oxygen atoms in total. The van der Waals surface area contributed by atoms with Gasteiger partial charge in [0.2, 0.25) is 0 Å². The number of hydrogen-bond acceptors (Lipinski definition) is 2. The molecule has 0 spiro atoms. The van der Waals surface area contributed by atoms with Gasteiger partial charge in [-0.2, -0.15) is 0 Å². The van der Waals surface area contributed by atoms with Gasteiger partial charge in [-0.3, -0.25) is 0 Å². The first-order valence-corrected chi connectivity index (χ1v) is 6.60. The highest BCUT2D eigenvalue weighted by atomic mass is 35.5. The molecule has 0 aromatic heterocycles. The Hall–Kier alpha value is -0.640. The molecule has 1 rings (SSSR count). The number of nitrogens with two attached hydrogens (primary N) is 1. The van der Waals surface area contributed by atoms with Gasteiger partial charge in [0.05, 0.1) is 17.2 Å². The fraction of sp³-hybridized carbons (Fsp3) is 0.571. The first kappa shape index (κ1) is 15.4. The molecule has 3 N–H and O–H groups in total. The summed E-state index contributed by atoms with van der Waals surface area (Å²) in [5.74, 6) is 0.0198. The molecule has 0 amide bonds. The molecule has 0 saturated carbocycles. The number of aliphatic hydroxyl groups excluding tert-OH is 1. The highest BCUT2D eigenvalue weighted by Gasteiger charge is 2.23. The molecule has 18 heavy (non-hydrogen) atoms. The number of rotatable bonds is 5. The molecule has 0 aliphatic heterocycles. The first-order valence-electron chi connectivity index (χ1n) is 6.22. The summed E-state index contributed by atoms with van der Waals surface area (Å²) < 4.78 is 13.8. The molecule has 0 bridgehead atoms. The van der Waals surface area contributed by atoms with E-state index in [0.29, 0.717) is 17.4 Å². The van der Waals surface area contributed by atoms with Gasteiger partial charge < -0.3 is 10.8 Å². The number of aryl methyl sites for hydroxylation is 1. The Balaban J connectivity index is 2.89. The molecule has 0 aliphatic carbocycles. The second-order valence-electron chi connectivity index (χ2n) is 5.16. The Morgan fingerprint density at radius 3 is 2.50 bits per heavy atom. The molecule has 0 heterocycles. The van der Waals surface area contributed by atoms with Gasteiger partial charge in [-0.05, 0) is 37.3 Å². The van der Waals surface area contributed by atoms with Gasteiger partial charge in [-0.25, -0.2) is 4.39 Å². The van der Waals surface area contributed by atoms with Gasteiger partial charge in [0.25, 0.3) is 0 Å². The SMILES string of the molecule is Cc1ccc(F)c([C@H](N)[C@H](O)CCC(C)C)c1Cl. The zero-order chi connectivity index (χ0) is 13.9. The van der Waals surface area contributed by atoms with E-state index in [4.69, 9.17) is 17.3 Å². The number of hydrogen-bond donors (Lipinski definition) is 2. The van der Waals surface area contributed by atoms with Crippen LogP contribution >= 0.6 is 11.6 Å². The van der Waals surface area contributed by atoms with Gasteiger partial charge >= 0.3 is 0 Å². The van der Waals surface area contributed by atoms with Crippen molar-refractivity contribution in [3.63, 3.8) is 0 Å². The van der Waals surface area contributed by atoms with Crippen LogP contribution in [-0.4, -0.2) is 11.2 Å². The highest BCUT2D eigenvalue weighted by Crippen LogP contribution is 2.30. The van der Waals surface area contributed by atoms with Crippen molar-refractivity contribution < 1.29 is 9.50 Å². The summed E-state index contributed by atoms with van der Waals surface area (Å²) in [6.07, 6.45) is 0.615. The highest BCUT2D eigenvalue weighted by molar-refractivity contribution is 6.32. The first-order chi connectivity index (χ1) is 8.34. The molecular weight excluding hydrogens is 253 g/mol. The lowest BCUT2D eigenvalue weighted by Gasteiger charge is -2.22. The zero-order valence-electron chi connectivity index (χ0n) is 11.1. The lowest BCUT2D eigenvalue weighted by molar-refractivity contribution is 0.127. The summed E-state index contributed by atoms with van der Waals surface area (Å²) in [5, 5.41) is 10.3. The van der Waals surface area contributed by atoms with E-state index in [1.54, 1.807) is 13.0 Å². The van der Waals surface area contributed by atoms with Crippen LogP contribution in [0.3, 0.4) is 0 Å². The molecule has 2 atom stereocenters. The maximum atomic E-state index is 13.8. The van der Waals surface area contributed by atoms with Crippen molar-refractivity contribution in [3.05, 3.63) is 34.1 Å². The third kappa shape index (κ3) is 3.67. The van der Waals surface area contributed by atoms with Crippen molar-refractivity contribution in [3.8, 4) is 0 Å². The number of benzene rings is 1. The minimum Gasteiger partial charge on any atom is -0.391 e. The van der Waals surface area contributed by atoms with E-state index in [0.717, 1.165) is 12.0 Å². The predicted molar refractivity (Wildman–Crippen MR) is 73.2 cm³/mol. The minimum absolute atomic E-state index is 0.216. The lowest BCUT2D eigenvalue weighted by Crippen LogP contribution is -2.28. The fourth-order valence-corrected chi connectivity index (χ4v) is 2.14. The molecule has 1 aromatic carbocycles.